The zero-order valence-corrected chi connectivity index (χ0v) is 11.2. The molecule has 0 aromatic carbocycles. The third-order valence-corrected chi connectivity index (χ3v) is 3.19. The first-order chi connectivity index (χ1) is 9.13. The van der Waals surface area contributed by atoms with Crippen molar-refractivity contribution >= 4 is 17.0 Å². The molecule has 0 saturated heterocycles. The molecule has 0 radical (unpaired) electrons. The number of hydrogen-bond donors (Lipinski definition) is 3. The number of aryl methyl sites for hydroxylation is 1. The predicted octanol–water partition coefficient (Wildman–Crippen LogP) is 0.249. The van der Waals surface area contributed by atoms with E-state index >= 15 is 0 Å². The molecule has 2 aromatic rings. The van der Waals surface area contributed by atoms with Gasteiger partial charge in [-0.25, -0.2) is 15.0 Å². The Kier molecular flexibility index (Phi) is 3.96. The van der Waals surface area contributed by atoms with Gasteiger partial charge in [-0.1, -0.05) is 6.92 Å². The molecule has 2 rings (SSSR count). The van der Waals surface area contributed by atoms with E-state index in [0.29, 0.717) is 17.9 Å². The topological polar surface area (TPSA) is 96.1 Å². The van der Waals surface area contributed by atoms with Crippen LogP contribution in [0.2, 0.25) is 0 Å². The molecule has 0 saturated carbocycles. The molecular weight excluding hydrogens is 246 g/mol. The van der Waals surface area contributed by atoms with E-state index < -0.39 is 5.41 Å². The standard InChI is InChI=1S/C12H19N5O2/c1-3-17-8-16-9-10(14-7-15-11(9)17)13-4-12(2,5-18)6-19/h7-8,18-19H,3-6H2,1-2H3,(H,13,14,15). The number of rotatable bonds is 6. The van der Waals surface area contributed by atoms with E-state index in [-0.39, 0.29) is 13.2 Å². The molecule has 0 fully saturated rings. The summed E-state index contributed by atoms with van der Waals surface area (Å²) in [5, 5.41) is 21.7. The maximum absolute atomic E-state index is 9.27. The molecule has 19 heavy (non-hydrogen) atoms. The van der Waals surface area contributed by atoms with Gasteiger partial charge >= 0.3 is 0 Å². The Balaban J connectivity index is 2.24. The molecule has 2 heterocycles. The van der Waals surface area contributed by atoms with Gasteiger partial charge in [-0.05, 0) is 6.92 Å². The molecule has 0 bridgehead atoms. The second kappa shape index (κ2) is 5.50. The number of aliphatic hydroxyl groups excluding tert-OH is 2. The van der Waals surface area contributed by atoms with Crippen molar-refractivity contribution < 1.29 is 10.2 Å². The molecule has 2 aromatic heterocycles. The lowest BCUT2D eigenvalue weighted by Gasteiger charge is -2.24. The van der Waals surface area contributed by atoms with Gasteiger partial charge in [-0.15, -0.1) is 0 Å². The summed E-state index contributed by atoms with van der Waals surface area (Å²) in [6.07, 6.45) is 3.20. The van der Waals surface area contributed by atoms with E-state index in [1.165, 1.54) is 6.33 Å². The fraction of sp³-hybridized carbons (Fsp3) is 0.583. The predicted molar refractivity (Wildman–Crippen MR) is 71.8 cm³/mol. The lowest BCUT2D eigenvalue weighted by molar-refractivity contribution is 0.0806. The highest BCUT2D eigenvalue weighted by Crippen LogP contribution is 2.20. The molecular formula is C12H19N5O2. The second-order valence-corrected chi connectivity index (χ2v) is 4.91. The minimum Gasteiger partial charge on any atom is -0.396 e. The summed E-state index contributed by atoms with van der Waals surface area (Å²) in [7, 11) is 0. The molecule has 0 amide bonds. The average Bonchev–Trinajstić information content (AvgIpc) is 2.88. The van der Waals surface area contributed by atoms with E-state index in [1.54, 1.807) is 13.3 Å². The zero-order valence-electron chi connectivity index (χ0n) is 11.2. The number of imidazole rings is 1. The minimum atomic E-state index is -0.593. The van der Waals surface area contributed by atoms with Crippen LogP contribution in [0.3, 0.4) is 0 Å². The molecule has 7 heteroatoms. The molecule has 0 unspecified atom stereocenters. The summed E-state index contributed by atoms with van der Waals surface area (Å²) in [4.78, 5) is 12.7. The maximum atomic E-state index is 9.27. The zero-order chi connectivity index (χ0) is 13.9. The highest BCUT2D eigenvalue weighted by molar-refractivity contribution is 5.82. The van der Waals surface area contributed by atoms with Crippen LogP contribution in [0, 0.1) is 5.41 Å². The molecule has 0 atom stereocenters. The highest BCUT2D eigenvalue weighted by Gasteiger charge is 2.23. The third kappa shape index (κ3) is 2.66. The van der Waals surface area contributed by atoms with Gasteiger partial charge in [0.2, 0.25) is 0 Å². The SMILES string of the molecule is CCn1cnc2c(NCC(C)(CO)CO)ncnc21. The monoisotopic (exact) mass is 265 g/mol. The first-order valence-corrected chi connectivity index (χ1v) is 6.25. The Morgan fingerprint density at radius 2 is 2.00 bits per heavy atom. The van der Waals surface area contributed by atoms with Crippen LogP contribution in [-0.4, -0.2) is 49.5 Å². The van der Waals surface area contributed by atoms with E-state index in [9.17, 15) is 10.2 Å². The van der Waals surface area contributed by atoms with Crippen molar-refractivity contribution in [3.05, 3.63) is 12.7 Å². The molecule has 0 spiro atoms. The van der Waals surface area contributed by atoms with Crippen LogP contribution in [0.1, 0.15) is 13.8 Å². The summed E-state index contributed by atoms with van der Waals surface area (Å²) in [6.45, 7) is 4.80. The van der Waals surface area contributed by atoms with Crippen LogP contribution in [0.15, 0.2) is 12.7 Å². The number of nitrogens with zero attached hydrogens (tertiary/aromatic N) is 4. The molecule has 3 N–H and O–H groups in total. The Morgan fingerprint density at radius 1 is 1.26 bits per heavy atom. The lowest BCUT2D eigenvalue weighted by atomic mass is 9.93. The summed E-state index contributed by atoms with van der Waals surface area (Å²) >= 11 is 0. The Labute approximate surface area is 111 Å². The average molecular weight is 265 g/mol. The van der Waals surface area contributed by atoms with Crippen molar-refractivity contribution in [2.24, 2.45) is 5.41 Å². The van der Waals surface area contributed by atoms with E-state index in [4.69, 9.17) is 0 Å². The van der Waals surface area contributed by atoms with E-state index in [1.807, 2.05) is 11.5 Å². The van der Waals surface area contributed by atoms with Gasteiger partial charge in [0, 0.05) is 18.5 Å². The quantitative estimate of drug-likeness (QED) is 0.693. The van der Waals surface area contributed by atoms with E-state index in [0.717, 1.165) is 12.2 Å². The van der Waals surface area contributed by atoms with Gasteiger partial charge in [-0.2, -0.15) is 0 Å². The first-order valence-electron chi connectivity index (χ1n) is 6.25. The fourth-order valence-corrected chi connectivity index (χ4v) is 1.70. The summed E-state index contributed by atoms with van der Waals surface area (Å²) in [5.74, 6) is 0.616. The number of aromatic nitrogens is 4. The number of anilines is 1. The Morgan fingerprint density at radius 3 is 2.63 bits per heavy atom. The van der Waals surface area contributed by atoms with Gasteiger partial charge in [-0.3, -0.25) is 0 Å². The summed E-state index contributed by atoms with van der Waals surface area (Å²) in [5.41, 5.74) is 0.877. The Hall–Kier alpha value is -1.73. The van der Waals surface area contributed by atoms with Crippen LogP contribution >= 0.6 is 0 Å². The molecule has 7 nitrogen and oxygen atoms in total. The van der Waals surface area contributed by atoms with Gasteiger partial charge in [0.1, 0.15) is 11.8 Å². The third-order valence-electron chi connectivity index (χ3n) is 3.19. The van der Waals surface area contributed by atoms with Crippen molar-refractivity contribution in [2.75, 3.05) is 25.1 Å². The van der Waals surface area contributed by atoms with Gasteiger partial charge in [0.15, 0.2) is 11.5 Å². The van der Waals surface area contributed by atoms with Crippen molar-refractivity contribution in [2.45, 2.75) is 20.4 Å². The highest BCUT2D eigenvalue weighted by atomic mass is 16.3. The van der Waals surface area contributed by atoms with Crippen molar-refractivity contribution in [3.63, 3.8) is 0 Å². The molecule has 104 valence electrons. The van der Waals surface area contributed by atoms with E-state index in [2.05, 4.69) is 20.3 Å². The van der Waals surface area contributed by atoms with Gasteiger partial charge in [0.05, 0.1) is 19.5 Å². The largest absolute Gasteiger partial charge is 0.396 e. The van der Waals surface area contributed by atoms with Crippen molar-refractivity contribution in [1.82, 2.24) is 19.5 Å². The summed E-state index contributed by atoms with van der Waals surface area (Å²) < 4.78 is 1.93. The first kappa shape index (κ1) is 13.7. The molecule has 0 aliphatic rings. The minimum absolute atomic E-state index is 0.103. The fourth-order valence-electron chi connectivity index (χ4n) is 1.70. The lowest BCUT2D eigenvalue weighted by Crippen LogP contribution is -2.34. The number of aliphatic hydroxyl groups is 2. The second-order valence-electron chi connectivity index (χ2n) is 4.91. The van der Waals surface area contributed by atoms with Gasteiger partial charge < -0.3 is 20.1 Å². The number of fused-ring (bicyclic) bond motifs is 1. The number of hydrogen-bond acceptors (Lipinski definition) is 6. The van der Waals surface area contributed by atoms with Crippen LogP contribution in [-0.2, 0) is 6.54 Å². The van der Waals surface area contributed by atoms with Crippen LogP contribution in [0.4, 0.5) is 5.82 Å². The van der Waals surface area contributed by atoms with Crippen molar-refractivity contribution in [3.8, 4) is 0 Å². The number of nitrogens with one attached hydrogen (secondary N) is 1. The van der Waals surface area contributed by atoms with Crippen LogP contribution in [0.5, 0.6) is 0 Å². The Bertz CT molecular complexity index is 550. The normalized spacial score (nSPS) is 12.0. The van der Waals surface area contributed by atoms with Gasteiger partial charge in [0.25, 0.3) is 0 Å². The summed E-state index contributed by atoms with van der Waals surface area (Å²) in [6, 6.07) is 0. The van der Waals surface area contributed by atoms with Crippen LogP contribution < -0.4 is 5.32 Å². The maximum Gasteiger partial charge on any atom is 0.165 e. The van der Waals surface area contributed by atoms with Crippen LogP contribution in [0.25, 0.3) is 11.2 Å². The van der Waals surface area contributed by atoms with Crippen molar-refractivity contribution in [1.29, 1.82) is 0 Å². The smallest absolute Gasteiger partial charge is 0.165 e. The molecule has 0 aliphatic heterocycles. The molecule has 0 aliphatic carbocycles.